The highest BCUT2D eigenvalue weighted by molar-refractivity contribution is 7.89. The first-order valence-corrected chi connectivity index (χ1v) is 8.59. The number of amides is 1. The van der Waals surface area contributed by atoms with Crippen LogP contribution in [0.2, 0.25) is 0 Å². The Morgan fingerprint density at radius 1 is 1.52 bits per heavy atom. The van der Waals surface area contributed by atoms with E-state index in [1.165, 1.54) is 15.7 Å². The molecule has 0 aromatic carbocycles. The van der Waals surface area contributed by atoms with Gasteiger partial charge in [0.25, 0.3) is 10.0 Å². The number of rotatable bonds is 4. The molecule has 1 saturated heterocycles. The van der Waals surface area contributed by atoms with Crippen LogP contribution in [0, 0.1) is 0 Å². The van der Waals surface area contributed by atoms with Crippen LogP contribution in [0.1, 0.15) is 12.8 Å². The summed E-state index contributed by atoms with van der Waals surface area (Å²) in [5.41, 5.74) is 2.31. The quantitative estimate of drug-likeness (QED) is 0.430. The topological polar surface area (TPSA) is 131 Å². The number of piperidine rings is 1. The Morgan fingerprint density at radius 3 is 3.00 bits per heavy atom. The van der Waals surface area contributed by atoms with E-state index in [-0.39, 0.29) is 29.3 Å². The van der Waals surface area contributed by atoms with Gasteiger partial charge in [-0.2, -0.15) is 4.98 Å². The number of sulfonamides is 1. The van der Waals surface area contributed by atoms with E-state index in [2.05, 4.69) is 20.4 Å². The first kappa shape index (κ1) is 14.3. The van der Waals surface area contributed by atoms with E-state index in [4.69, 9.17) is 5.84 Å². The number of nitrogens with two attached hydrogens (primary N) is 1. The Labute approximate surface area is 124 Å². The molecule has 0 radical (unpaired) electrons. The van der Waals surface area contributed by atoms with Gasteiger partial charge in [0.1, 0.15) is 0 Å². The summed E-state index contributed by atoms with van der Waals surface area (Å²) in [6.07, 6.45) is 2.38. The van der Waals surface area contributed by atoms with Crippen LogP contribution in [0.15, 0.2) is 16.6 Å². The number of nitrogen functional groups attached to an aromatic ring is 1. The van der Waals surface area contributed by atoms with Crippen LogP contribution in [0.25, 0.3) is 4.96 Å². The molecule has 2 aromatic heterocycles. The lowest BCUT2D eigenvalue weighted by atomic mass is 10.1. The maximum Gasteiger partial charge on any atom is 0.260 e. The number of carbonyl (C=O) groups is 1. The number of hydrogen-bond donors (Lipinski definition) is 4. The Bertz CT molecular complexity index is 770. The molecule has 0 saturated carbocycles. The lowest BCUT2D eigenvalue weighted by Crippen LogP contribution is -2.47. The van der Waals surface area contributed by atoms with Crippen molar-refractivity contribution in [3.8, 4) is 0 Å². The first-order chi connectivity index (χ1) is 10.0. The minimum absolute atomic E-state index is 0.0295. The third-order valence-electron chi connectivity index (χ3n) is 3.20. The average Bonchev–Trinajstić information content (AvgIpc) is 3.00. The Kier molecular flexibility index (Phi) is 3.57. The molecule has 11 heteroatoms. The van der Waals surface area contributed by atoms with Gasteiger partial charge in [0.05, 0.1) is 0 Å². The van der Waals surface area contributed by atoms with Gasteiger partial charge in [-0.05, 0) is 6.42 Å². The molecule has 1 fully saturated rings. The molecule has 1 amide bonds. The van der Waals surface area contributed by atoms with Gasteiger partial charge >= 0.3 is 0 Å². The Hall–Kier alpha value is -1.69. The SMILES string of the molecule is NNc1nc2sccn2c1S(=O)(=O)NC1CCC(=O)NC1. The summed E-state index contributed by atoms with van der Waals surface area (Å²) in [6, 6.07) is -0.345. The summed E-state index contributed by atoms with van der Waals surface area (Å²) in [7, 11) is -3.81. The van der Waals surface area contributed by atoms with Crippen LogP contribution in [0.3, 0.4) is 0 Å². The van der Waals surface area contributed by atoms with Gasteiger partial charge in [-0.1, -0.05) is 0 Å². The molecular weight excluding hydrogens is 316 g/mol. The third-order valence-corrected chi connectivity index (χ3v) is 5.50. The minimum atomic E-state index is -3.81. The highest BCUT2D eigenvalue weighted by Gasteiger charge is 2.29. The number of anilines is 1. The van der Waals surface area contributed by atoms with Gasteiger partial charge in [-0.3, -0.25) is 9.20 Å². The molecule has 114 valence electrons. The zero-order valence-electron chi connectivity index (χ0n) is 10.9. The fraction of sp³-hybridized carbons (Fsp3) is 0.400. The molecule has 21 heavy (non-hydrogen) atoms. The van der Waals surface area contributed by atoms with E-state index in [0.29, 0.717) is 17.8 Å². The fourth-order valence-electron chi connectivity index (χ4n) is 2.22. The van der Waals surface area contributed by atoms with Gasteiger partial charge in [-0.25, -0.2) is 19.0 Å². The van der Waals surface area contributed by atoms with Crippen molar-refractivity contribution in [2.24, 2.45) is 5.84 Å². The number of thiazole rings is 1. The van der Waals surface area contributed by atoms with Crippen LogP contribution in [0.5, 0.6) is 0 Å². The van der Waals surface area contributed by atoms with Crippen molar-refractivity contribution in [1.82, 2.24) is 19.4 Å². The number of nitrogens with zero attached hydrogens (tertiary/aromatic N) is 2. The fourth-order valence-corrected chi connectivity index (χ4v) is 4.51. The number of aromatic nitrogens is 2. The van der Waals surface area contributed by atoms with E-state index in [9.17, 15) is 13.2 Å². The molecule has 3 rings (SSSR count). The third kappa shape index (κ3) is 2.60. The van der Waals surface area contributed by atoms with Crippen molar-refractivity contribution in [3.05, 3.63) is 11.6 Å². The van der Waals surface area contributed by atoms with E-state index >= 15 is 0 Å². The zero-order chi connectivity index (χ0) is 15.0. The van der Waals surface area contributed by atoms with Crippen molar-refractivity contribution in [1.29, 1.82) is 0 Å². The number of fused-ring (bicyclic) bond motifs is 1. The van der Waals surface area contributed by atoms with Crippen molar-refractivity contribution >= 4 is 38.0 Å². The second kappa shape index (κ2) is 5.26. The van der Waals surface area contributed by atoms with Crippen LogP contribution in [-0.4, -0.2) is 36.3 Å². The van der Waals surface area contributed by atoms with Gasteiger partial charge in [0.2, 0.25) is 10.9 Å². The van der Waals surface area contributed by atoms with E-state index in [1.54, 1.807) is 11.6 Å². The smallest absolute Gasteiger partial charge is 0.260 e. The van der Waals surface area contributed by atoms with Crippen molar-refractivity contribution in [3.63, 3.8) is 0 Å². The second-order valence-electron chi connectivity index (χ2n) is 4.63. The summed E-state index contributed by atoms with van der Waals surface area (Å²) in [4.78, 5) is 15.8. The molecule has 3 heterocycles. The molecular formula is C10H14N6O3S2. The highest BCUT2D eigenvalue weighted by atomic mass is 32.2. The number of hydrogen-bond acceptors (Lipinski definition) is 7. The maximum atomic E-state index is 12.6. The molecule has 2 aromatic rings. The summed E-state index contributed by atoms with van der Waals surface area (Å²) in [6.45, 7) is 0.273. The molecule has 1 atom stereocenters. The molecule has 5 N–H and O–H groups in total. The zero-order valence-corrected chi connectivity index (χ0v) is 12.5. The first-order valence-electron chi connectivity index (χ1n) is 6.22. The summed E-state index contributed by atoms with van der Waals surface area (Å²) in [5.74, 6) is 5.37. The highest BCUT2D eigenvalue weighted by Crippen LogP contribution is 2.25. The van der Waals surface area contributed by atoms with Gasteiger partial charge in [0, 0.05) is 30.6 Å². The molecule has 0 spiro atoms. The van der Waals surface area contributed by atoms with Crippen LogP contribution >= 0.6 is 11.3 Å². The largest absolute Gasteiger partial charge is 0.355 e. The normalized spacial score (nSPS) is 19.7. The molecule has 1 aliphatic rings. The molecule has 9 nitrogen and oxygen atoms in total. The van der Waals surface area contributed by atoms with E-state index in [1.807, 2.05) is 0 Å². The summed E-state index contributed by atoms with van der Waals surface area (Å²) in [5, 5.41) is 4.34. The maximum absolute atomic E-state index is 12.6. The van der Waals surface area contributed by atoms with Crippen molar-refractivity contribution < 1.29 is 13.2 Å². The molecule has 0 bridgehead atoms. The Balaban J connectivity index is 1.92. The van der Waals surface area contributed by atoms with Crippen LogP contribution in [-0.2, 0) is 14.8 Å². The number of nitrogens with one attached hydrogen (secondary N) is 3. The van der Waals surface area contributed by atoms with E-state index in [0.717, 1.165) is 0 Å². The van der Waals surface area contributed by atoms with Crippen molar-refractivity contribution in [2.45, 2.75) is 23.9 Å². The molecule has 0 aliphatic carbocycles. The molecule has 1 unspecified atom stereocenters. The van der Waals surface area contributed by atoms with Gasteiger partial charge < -0.3 is 10.7 Å². The minimum Gasteiger partial charge on any atom is -0.355 e. The van der Waals surface area contributed by atoms with Gasteiger partial charge in [-0.15, -0.1) is 11.3 Å². The Morgan fingerprint density at radius 2 is 2.33 bits per heavy atom. The summed E-state index contributed by atoms with van der Waals surface area (Å²) >= 11 is 1.31. The van der Waals surface area contributed by atoms with E-state index < -0.39 is 10.0 Å². The number of carbonyl (C=O) groups excluding carboxylic acids is 1. The lowest BCUT2D eigenvalue weighted by Gasteiger charge is -2.23. The molecule has 1 aliphatic heterocycles. The number of imidazole rings is 1. The van der Waals surface area contributed by atoms with Gasteiger partial charge in [0.15, 0.2) is 10.8 Å². The number of hydrazine groups is 1. The predicted molar refractivity (Wildman–Crippen MR) is 77.2 cm³/mol. The monoisotopic (exact) mass is 330 g/mol. The second-order valence-corrected chi connectivity index (χ2v) is 7.13. The van der Waals surface area contributed by atoms with Crippen LogP contribution < -0.4 is 21.3 Å². The van der Waals surface area contributed by atoms with Crippen molar-refractivity contribution in [2.75, 3.05) is 12.0 Å². The standard InChI is InChI=1S/C10H14N6O3S2/c11-14-8-9(16-3-4-20-10(16)13-8)21(18,19)15-6-1-2-7(17)12-5-6/h3-4,6,14-15H,1-2,5,11H2,(H,12,17). The predicted octanol–water partition coefficient (Wildman–Crippen LogP) is -0.762. The summed E-state index contributed by atoms with van der Waals surface area (Å²) < 4.78 is 29.2. The van der Waals surface area contributed by atoms with Crippen LogP contribution in [0.4, 0.5) is 5.82 Å². The lowest BCUT2D eigenvalue weighted by molar-refractivity contribution is -0.122. The average molecular weight is 330 g/mol.